The molecule has 1 saturated heterocycles. The molecule has 0 radical (unpaired) electrons. The zero-order valence-electron chi connectivity index (χ0n) is 18.3. The summed E-state index contributed by atoms with van der Waals surface area (Å²) < 4.78 is 23.8. The normalized spacial score (nSPS) is 16.0. The van der Waals surface area contributed by atoms with Crippen LogP contribution in [0.15, 0.2) is 48.5 Å². The molecule has 0 bridgehead atoms. The molecule has 170 valence electrons. The first-order valence-electron chi connectivity index (χ1n) is 10.5. The molecule has 1 aliphatic rings. The van der Waals surface area contributed by atoms with Gasteiger partial charge in [-0.2, -0.15) is 0 Å². The van der Waals surface area contributed by atoms with Gasteiger partial charge >= 0.3 is 6.03 Å². The maximum Gasteiger partial charge on any atom is 0.319 e. The lowest BCUT2D eigenvalue weighted by molar-refractivity contribution is -0.127. The maximum absolute atomic E-state index is 13.2. The summed E-state index contributed by atoms with van der Waals surface area (Å²) in [6.45, 7) is 1.67. The first-order valence-corrected chi connectivity index (χ1v) is 10.5. The molecule has 2 aromatic carbocycles. The number of nitrogens with one attached hydrogen (secondary N) is 2. The summed E-state index contributed by atoms with van der Waals surface area (Å²) in [5.74, 6) is 0.952. The van der Waals surface area contributed by atoms with Crippen LogP contribution in [0.1, 0.15) is 18.4 Å². The van der Waals surface area contributed by atoms with E-state index in [9.17, 15) is 14.0 Å². The van der Waals surface area contributed by atoms with Gasteiger partial charge in [-0.1, -0.05) is 6.07 Å². The van der Waals surface area contributed by atoms with Gasteiger partial charge in [-0.3, -0.25) is 4.79 Å². The van der Waals surface area contributed by atoms with E-state index >= 15 is 0 Å². The second-order valence-electron chi connectivity index (χ2n) is 7.58. The molecule has 1 aliphatic heterocycles. The Morgan fingerprint density at radius 3 is 2.78 bits per heavy atom. The van der Waals surface area contributed by atoms with Gasteiger partial charge in [0.1, 0.15) is 17.3 Å². The lowest BCUT2D eigenvalue weighted by Crippen LogP contribution is -2.43. The Balaban J connectivity index is 1.51. The molecule has 0 aromatic heterocycles. The third kappa shape index (κ3) is 6.47. The van der Waals surface area contributed by atoms with Crippen LogP contribution >= 0.6 is 0 Å². The molecule has 0 spiro atoms. The van der Waals surface area contributed by atoms with E-state index in [0.717, 1.165) is 18.4 Å². The van der Waals surface area contributed by atoms with Gasteiger partial charge in [0.25, 0.3) is 0 Å². The zero-order chi connectivity index (χ0) is 22.9. The third-order valence-electron chi connectivity index (χ3n) is 5.31. The molecule has 0 aliphatic carbocycles. The highest BCUT2D eigenvalue weighted by Crippen LogP contribution is 2.26. The number of amides is 3. The molecule has 32 heavy (non-hydrogen) atoms. The van der Waals surface area contributed by atoms with Crippen molar-refractivity contribution < 1.29 is 23.5 Å². The molecule has 1 atom stereocenters. The molecule has 2 aromatic rings. The smallest absolute Gasteiger partial charge is 0.319 e. The first-order chi connectivity index (χ1) is 15.5. The van der Waals surface area contributed by atoms with Gasteiger partial charge < -0.3 is 25.0 Å². The van der Waals surface area contributed by atoms with E-state index in [0.29, 0.717) is 36.8 Å². The Bertz CT molecular complexity index is 979. The van der Waals surface area contributed by atoms with Crippen LogP contribution in [0.3, 0.4) is 0 Å². The van der Waals surface area contributed by atoms with Gasteiger partial charge in [-0.25, -0.2) is 9.18 Å². The highest BCUT2D eigenvalue weighted by Gasteiger charge is 2.23. The van der Waals surface area contributed by atoms with Crippen LogP contribution in [0.2, 0.25) is 0 Å². The van der Waals surface area contributed by atoms with Crippen LogP contribution in [-0.4, -0.2) is 50.7 Å². The largest absolute Gasteiger partial charge is 0.497 e. The minimum absolute atomic E-state index is 0.0863. The van der Waals surface area contributed by atoms with Crippen molar-refractivity contribution in [2.24, 2.45) is 5.92 Å². The summed E-state index contributed by atoms with van der Waals surface area (Å²) >= 11 is 0. The molecule has 0 saturated carbocycles. The second-order valence-corrected chi connectivity index (χ2v) is 7.58. The third-order valence-corrected chi connectivity index (χ3v) is 5.31. The van der Waals surface area contributed by atoms with Gasteiger partial charge in [-0.15, -0.1) is 0 Å². The van der Waals surface area contributed by atoms with Gasteiger partial charge in [0.15, 0.2) is 0 Å². The minimum Gasteiger partial charge on any atom is -0.497 e. The van der Waals surface area contributed by atoms with Crippen LogP contribution in [-0.2, 0) is 4.79 Å². The lowest BCUT2D eigenvalue weighted by Gasteiger charge is -2.32. The molecule has 3 amide bonds. The molecule has 8 heteroatoms. The molecule has 1 heterocycles. The van der Waals surface area contributed by atoms with Crippen molar-refractivity contribution in [2.75, 3.05) is 39.2 Å². The summed E-state index contributed by atoms with van der Waals surface area (Å²) in [7, 11) is 3.15. The standard InChI is InChI=1S/C24H28FN3O4/c1-31-21-10-8-18(22(14-21)32-2)9-11-23(29)28-12-4-5-17(16-28)15-26-24(30)27-20-7-3-6-19(25)13-20/h3,6-11,13-14,17H,4-5,12,15-16H2,1-2H3,(H2,26,27,30)/b11-9+. The number of hydrogen-bond acceptors (Lipinski definition) is 4. The maximum atomic E-state index is 13.2. The van der Waals surface area contributed by atoms with Crippen molar-refractivity contribution >= 4 is 23.7 Å². The highest BCUT2D eigenvalue weighted by atomic mass is 19.1. The second kappa shape index (κ2) is 11.2. The predicted octanol–water partition coefficient (Wildman–Crippen LogP) is 3.92. The van der Waals surface area contributed by atoms with Crippen LogP contribution < -0.4 is 20.1 Å². The van der Waals surface area contributed by atoms with Crippen LogP contribution in [0.4, 0.5) is 14.9 Å². The van der Waals surface area contributed by atoms with E-state index < -0.39 is 11.8 Å². The molecule has 1 fully saturated rings. The van der Waals surface area contributed by atoms with E-state index in [1.165, 1.54) is 24.3 Å². The summed E-state index contributed by atoms with van der Waals surface area (Å²) in [6, 6.07) is 10.7. The Labute approximate surface area is 187 Å². The van der Waals surface area contributed by atoms with Crippen molar-refractivity contribution in [3.63, 3.8) is 0 Å². The number of hydrogen-bond donors (Lipinski definition) is 2. The van der Waals surface area contributed by atoms with E-state index in [4.69, 9.17) is 9.47 Å². The van der Waals surface area contributed by atoms with Gasteiger partial charge in [-0.05, 0) is 55.2 Å². The fourth-order valence-electron chi connectivity index (χ4n) is 3.63. The van der Waals surface area contributed by atoms with Gasteiger partial charge in [0.2, 0.25) is 5.91 Å². The molecule has 3 rings (SSSR count). The fourth-order valence-corrected chi connectivity index (χ4v) is 3.63. The molecule has 2 N–H and O–H groups in total. The Morgan fingerprint density at radius 2 is 2.03 bits per heavy atom. The molecular formula is C24H28FN3O4. The number of rotatable bonds is 7. The Hall–Kier alpha value is -3.55. The average molecular weight is 442 g/mol. The van der Waals surface area contributed by atoms with E-state index in [1.54, 1.807) is 37.3 Å². The topological polar surface area (TPSA) is 79.9 Å². The number of nitrogens with zero attached hydrogens (tertiary/aromatic N) is 1. The monoisotopic (exact) mass is 441 g/mol. The van der Waals surface area contributed by atoms with Crippen molar-refractivity contribution in [2.45, 2.75) is 12.8 Å². The van der Waals surface area contributed by atoms with Crippen LogP contribution in [0.5, 0.6) is 11.5 Å². The Morgan fingerprint density at radius 1 is 1.19 bits per heavy atom. The highest BCUT2D eigenvalue weighted by molar-refractivity contribution is 5.92. The van der Waals surface area contributed by atoms with Crippen LogP contribution in [0.25, 0.3) is 6.08 Å². The number of ether oxygens (including phenoxy) is 2. The number of piperidine rings is 1. The SMILES string of the molecule is COc1ccc(/C=C/C(=O)N2CCCC(CNC(=O)Nc3cccc(F)c3)C2)c(OC)c1. The van der Waals surface area contributed by atoms with Crippen molar-refractivity contribution in [1.29, 1.82) is 0 Å². The summed E-state index contributed by atoms with van der Waals surface area (Å²) in [5, 5.41) is 5.42. The quantitative estimate of drug-likeness (QED) is 0.639. The number of urea groups is 1. The minimum atomic E-state index is -0.412. The molecule has 1 unspecified atom stereocenters. The summed E-state index contributed by atoms with van der Waals surface area (Å²) in [4.78, 5) is 26.6. The first kappa shape index (κ1) is 23.1. The lowest BCUT2D eigenvalue weighted by atomic mass is 9.98. The molecule has 7 nitrogen and oxygen atoms in total. The zero-order valence-corrected chi connectivity index (χ0v) is 18.3. The van der Waals surface area contributed by atoms with Gasteiger partial charge in [0, 0.05) is 43.0 Å². The van der Waals surface area contributed by atoms with Crippen LogP contribution in [0, 0.1) is 11.7 Å². The number of carbonyl (C=O) groups is 2. The van der Waals surface area contributed by atoms with E-state index in [1.807, 2.05) is 12.1 Å². The van der Waals surface area contributed by atoms with Crippen molar-refractivity contribution in [3.8, 4) is 11.5 Å². The average Bonchev–Trinajstić information content (AvgIpc) is 2.81. The summed E-state index contributed by atoms with van der Waals surface area (Å²) in [6.07, 6.45) is 5.05. The van der Waals surface area contributed by atoms with E-state index in [2.05, 4.69) is 10.6 Å². The molecular weight excluding hydrogens is 413 g/mol. The van der Waals surface area contributed by atoms with Crippen molar-refractivity contribution in [3.05, 3.63) is 59.9 Å². The number of methoxy groups -OCH3 is 2. The Kier molecular flexibility index (Phi) is 8.08. The predicted molar refractivity (Wildman–Crippen MR) is 121 cm³/mol. The number of likely N-dealkylation sites (tertiary alicyclic amines) is 1. The number of halogens is 1. The number of anilines is 1. The number of benzene rings is 2. The van der Waals surface area contributed by atoms with Crippen molar-refractivity contribution in [1.82, 2.24) is 10.2 Å². The fraction of sp³-hybridized carbons (Fsp3) is 0.333. The van der Waals surface area contributed by atoms with E-state index in [-0.39, 0.29) is 11.8 Å². The number of carbonyl (C=O) groups excluding carboxylic acids is 2. The summed E-state index contributed by atoms with van der Waals surface area (Å²) in [5.41, 5.74) is 1.17. The van der Waals surface area contributed by atoms with Gasteiger partial charge in [0.05, 0.1) is 14.2 Å².